The van der Waals surface area contributed by atoms with Gasteiger partial charge in [0.25, 0.3) is 0 Å². The van der Waals surface area contributed by atoms with Crippen molar-refractivity contribution in [2.45, 2.75) is 6.92 Å². The Bertz CT molecular complexity index is 248. The number of aryl methyl sites for hydroxylation is 1. The molecule has 1 aromatic carbocycles. The van der Waals surface area contributed by atoms with Gasteiger partial charge in [0.2, 0.25) is 0 Å². The molecule has 0 amide bonds. The number of anilines is 1. The highest BCUT2D eigenvalue weighted by atomic mass is 35.5. The van der Waals surface area contributed by atoms with Gasteiger partial charge in [0.1, 0.15) is 5.69 Å². The van der Waals surface area contributed by atoms with Crippen molar-refractivity contribution in [2.75, 3.05) is 5.73 Å². The first-order valence-corrected chi connectivity index (χ1v) is 3.71. The SMILES string of the molecule is [CH2-][NH2+]c1cc(C)c(N)c(Cl)c1. The van der Waals surface area contributed by atoms with Crippen LogP contribution in [0.25, 0.3) is 0 Å². The Kier molecular flexibility index (Phi) is 2.37. The molecule has 0 aliphatic rings. The van der Waals surface area contributed by atoms with E-state index in [9.17, 15) is 0 Å². The first kappa shape index (κ1) is 8.37. The van der Waals surface area contributed by atoms with Gasteiger partial charge in [-0.1, -0.05) is 11.6 Å². The summed E-state index contributed by atoms with van der Waals surface area (Å²) in [6, 6.07) is 3.76. The minimum absolute atomic E-state index is 0.597. The highest BCUT2D eigenvalue weighted by Gasteiger charge is 2.02. The molecule has 0 aliphatic carbocycles. The van der Waals surface area contributed by atoms with Gasteiger partial charge >= 0.3 is 0 Å². The second-order valence-electron chi connectivity index (χ2n) is 2.44. The van der Waals surface area contributed by atoms with Crippen molar-refractivity contribution in [3.8, 4) is 0 Å². The van der Waals surface area contributed by atoms with Gasteiger partial charge in [-0.15, -0.1) is 7.05 Å². The number of halogens is 1. The van der Waals surface area contributed by atoms with E-state index in [-0.39, 0.29) is 0 Å². The van der Waals surface area contributed by atoms with Crippen molar-refractivity contribution in [2.24, 2.45) is 0 Å². The number of quaternary nitrogens is 1. The molecule has 0 spiro atoms. The Morgan fingerprint density at radius 2 is 2.18 bits per heavy atom. The number of hydrogen-bond donors (Lipinski definition) is 2. The molecule has 0 fully saturated rings. The van der Waals surface area contributed by atoms with Crippen molar-refractivity contribution in [3.05, 3.63) is 29.8 Å². The lowest BCUT2D eigenvalue weighted by Crippen LogP contribution is -2.69. The molecule has 1 aromatic rings. The van der Waals surface area contributed by atoms with Gasteiger partial charge in [-0.3, -0.25) is 0 Å². The van der Waals surface area contributed by atoms with Crippen LogP contribution in [-0.2, 0) is 0 Å². The third-order valence-electron chi connectivity index (χ3n) is 1.59. The summed E-state index contributed by atoms with van der Waals surface area (Å²) in [7, 11) is 3.64. The van der Waals surface area contributed by atoms with Crippen LogP contribution in [0.5, 0.6) is 0 Å². The van der Waals surface area contributed by atoms with Crippen molar-refractivity contribution in [1.29, 1.82) is 0 Å². The highest BCUT2D eigenvalue weighted by molar-refractivity contribution is 6.33. The maximum absolute atomic E-state index is 5.83. The summed E-state index contributed by atoms with van der Waals surface area (Å²) in [6.07, 6.45) is 0. The molecular weight excluding hydrogens is 160 g/mol. The smallest absolute Gasteiger partial charge is 0.105 e. The predicted octanol–water partition coefficient (Wildman–Crippen LogP) is 1.22. The van der Waals surface area contributed by atoms with Gasteiger partial charge in [-0.2, -0.15) is 0 Å². The van der Waals surface area contributed by atoms with E-state index in [1.165, 1.54) is 0 Å². The third kappa shape index (κ3) is 1.64. The van der Waals surface area contributed by atoms with Crippen LogP contribution in [0.4, 0.5) is 11.4 Å². The molecule has 60 valence electrons. The fraction of sp³-hybridized carbons (Fsp3) is 0.125. The van der Waals surface area contributed by atoms with E-state index in [1.807, 2.05) is 13.0 Å². The first-order valence-electron chi connectivity index (χ1n) is 3.33. The zero-order chi connectivity index (χ0) is 8.43. The summed E-state index contributed by atoms with van der Waals surface area (Å²) in [5.74, 6) is 0. The molecule has 0 bridgehead atoms. The van der Waals surface area contributed by atoms with E-state index in [0.29, 0.717) is 10.7 Å². The fourth-order valence-electron chi connectivity index (χ4n) is 0.900. The van der Waals surface area contributed by atoms with Crippen LogP contribution in [0, 0.1) is 14.0 Å². The Labute approximate surface area is 71.4 Å². The Hall–Kier alpha value is -0.730. The maximum atomic E-state index is 5.83. The summed E-state index contributed by atoms with van der Waals surface area (Å²) < 4.78 is 0. The van der Waals surface area contributed by atoms with Crippen molar-refractivity contribution in [3.63, 3.8) is 0 Å². The normalized spacial score (nSPS) is 10.1. The summed E-state index contributed by atoms with van der Waals surface area (Å²) in [4.78, 5) is 0. The average molecular weight is 171 g/mol. The molecule has 0 aromatic heterocycles. The molecule has 0 radical (unpaired) electrons. The number of nitrogens with two attached hydrogens (primary N) is 2. The molecule has 0 saturated heterocycles. The van der Waals surface area contributed by atoms with Crippen LogP contribution in [0.3, 0.4) is 0 Å². The zero-order valence-corrected chi connectivity index (χ0v) is 7.15. The Morgan fingerprint density at radius 1 is 1.55 bits per heavy atom. The molecule has 1 rings (SSSR count). The summed E-state index contributed by atoms with van der Waals surface area (Å²) in [5, 5.41) is 2.35. The standard InChI is InChI=1S/C8H11ClN2/c1-5-3-6(11-2)4-7(9)8(5)10/h3-4H,2,10-11H2,1H3. The Morgan fingerprint density at radius 3 is 2.64 bits per heavy atom. The monoisotopic (exact) mass is 170 g/mol. The summed E-state index contributed by atoms with van der Waals surface area (Å²) >= 11 is 5.83. The minimum atomic E-state index is 0.597. The van der Waals surface area contributed by atoms with Crippen LogP contribution in [0.1, 0.15) is 5.56 Å². The second-order valence-corrected chi connectivity index (χ2v) is 2.84. The average Bonchev–Trinajstić information content (AvgIpc) is 1.99. The van der Waals surface area contributed by atoms with Crippen LogP contribution in [-0.4, -0.2) is 0 Å². The van der Waals surface area contributed by atoms with E-state index >= 15 is 0 Å². The van der Waals surface area contributed by atoms with Gasteiger partial charge in [0.15, 0.2) is 0 Å². The maximum Gasteiger partial charge on any atom is 0.105 e. The lowest BCUT2D eigenvalue weighted by Gasteiger charge is -2.05. The molecule has 0 aliphatic heterocycles. The predicted molar refractivity (Wildman–Crippen MR) is 47.5 cm³/mol. The van der Waals surface area contributed by atoms with Crippen LogP contribution in [0.15, 0.2) is 12.1 Å². The largest absolute Gasteiger partial charge is 0.446 e. The third-order valence-corrected chi connectivity index (χ3v) is 1.91. The molecule has 0 atom stereocenters. The molecule has 0 unspecified atom stereocenters. The topological polar surface area (TPSA) is 42.6 Å². The van der Waals surface area contributed by atoms with E-state index in [2.05, 4.69) is 7.05 Å². The quantitative estimate of drug-likeness (QED) is 0.483. The van der Waals surface area contributed by atoms with Crippen LogP contribution in [0.2, 0.25) is 5.02 Å². The van der Waals surface area contributed by atoms with Gasteiger partial charge in [-0.25, -0.2) is 0 Å². The molecule has 0 heterocycles. The summed E-state index contributed by atoms with van der Waals surface area (Å²) in [6.45, 7) is 1.92. The lowest BCUT2D eigenvalue weighted by molar-refractivity contribution is -0.504. The molecular formula is C8H11ClN2. The van der Waals surface area contributed by atoms with Crippen molar-refractivity contribution in [1.82, 2.24) is 0 Å². The van der Waals surface area contributed by atoms with Crippen LogP contribution < -0.4 is 11.1 Å². The van der Waals surface area contributed by atoms with E-state index in [0.717, 1.165) is 11.3 Å². The van der Waals surface area contributed by atoms with Crippen LogP contribution >= 0.6 is 11.6 Å². The van der Waals surface area contributed by atoms with E-state index < -0.39 is 0 Å². The van der Waals surface area contributed by atoms with Gasteiger partial charge in [0.05, 0.1) is 10.7 Å². The second kappa shape index (κ2) is 3.11. The van der Waals surface area contributed by atoms with Gasteiger partial charge in [-0.05, 0) is 12.5 Å². The highest BCUT2D eigenvalue weighted by Crippen LogP contribution is 2.24. The van der Waals surface area contributed by atoms with Gasteiger partial charge in [0, 0.05) is 12.1 Å². The Balaban J connectivity index is 3.21. The molecule has 11 heavy (non-hydrogen) atoms. The number of rotatable bonds is 1. The lowest BCUT2D eigenvalue weighted by atomic mass is 10.2. The molecule has 3 heteroatoms. The molecule has 4 N–H and O–H groups in total. The van der Waals surface area contributed by atoms with Gasteiger partial charge < -0.3 is 11.1 Å². The number of hydrogen-bond acceptors (Lipinski definition) is 1. The fourth-order valence-corrected chi connectivity index (χ4v) is 1.17. The zero-order valence-electron chi connectivity index (χ0n) is 6.39. The van der Waals surface area contributed by atoms with E-state index in [4.69, 9.17) is 17.3 Å². The van der Waals surface area contributed by atoms with Crippen molar-refractivity contribution < 1.29 is 5.32 Å². The number of nitrogen functional groups attached to an aromatic ring is 1. The van der Waals surface area contributed by atoms with Crippen molar-refractivity contribution >= 4 is 23.0 Å². The number of benzene rings is 1. The minimum Gasteiger partial charge on any atom is -0.446 e. The summed E-state index contributed by atoms with van der Waals surface area (Å²) in [5.41, 5.74) is 8.28. The van der Waals surface area contributed by atoms with E-state index in [1.54, 1.807) is 11.4 Å². The molecule has 0 saturated carbocycles. The molecule has 2 nitrogen and oxygen atoms in total. The first-order chi connectivity index (χ1) is 5.15.